The maximum absolute atomic E-state index is 12.7. The van der Waals surface area contributed by atoms with E-state index in [1.54, 1.807) is 0 Å². The van der Waals surface area contributed by atoms with Crippen LogP contribution in [-0.2, 0) is 11.2 Å². The molecular weight excluding hydrogens is 390 g/mol. The average molecular weight is 420 g/mol. The van der Waals surface area contributed by atoms with E-state index in [4.69, 9.17) is 0 Å². The van der Waals surface area contributed by atoms with Gasteiger partial charge in [0.1, 0.15) is 5.01 Å². The van der Waals surface area contributed by atoms with Crippen LogP contribution in [0, 0.1) is 5.92 Å². The van der Waals surface area contributed by atoms with Crippen LogP contribution in [0.25, 0.3) is 10.6 Å². The topological polar surface area (TPSA) is 54.9 Å². The molecule has 1 aliphatic rings. The van der Waals surface area contributed by atoms with Gasteiger partial charge in [0.25, 0.3) is 0 Å². The van der Waals surface area contributed by atoms with Crippen molar-refractivity contribution in [1.29, 1.82) is 0 Å². The van der Waals surface area contributed by atoms with Crippen molar-refractivity contribution in [2.75, 3.05) is 5.32 Å². The van der Waals surface area contributed by atoms with Gasteiger partial charge in [-0.25, -0.2) is 0 Å². The molecule has 156 valence electrons. The van der Waals surface area contributed by atoms with Crippen LogP contribution in [0.1, 0.15) is 62.5 Å². The minimum atomic E-state index is 0.0650. The zero-order valence-electron chi connectivity index (χ0n) is 17.5. The van der Waals surface area contributed by atoms with Gasteiger partial charge in [-0.05, 0) is 55.6 Å². The number of nitrogens with zero attached hydrogens (tertiary/aromatic N) is 2. The molecule has 1 saturated carbocycles. The van der Waals surface area contributed by atoms with Crippen molar-refractivity contribution < 1.29 is 4.79 Å². The van der Waals surface area contributed by atoms with E-state index in [0.29, 0.717) is 11.0 Å². The molecular formula is C25H29N3OS. The summed E-state index contributed by atoms with van der Waals surface area (Å²) in [5, 5.41) is 12.9. The van der Waals surface area contributed by atoms with E-state index in [1.165, 1.54) is 35.3 Å². The maximum Gasteiger partial charge on any atom is 0.229 e. The van der Waals surface area contributed by atoms with Gasteiger partial charge in [0.05, 0.1) is 0 Å². The number of anilines is 1. The van der Waals surface area contributed by atoms with Gasteiger partial charge in [0.15, 0.2) is 0 Å². The number of amides is 1. The van der Waals surface area contributed by atoms with E-state index in [1.807, 2.05) is 0 Å². The van der Waals surface area contributed by atoms with Crippen LogP contribution in [0.5, 0.6) is 0 Å². The minimum absolute atomic E-state index is 0.0650. The number of nitrogens with one attached hydrogen (secondary N) is 1. The largest absolute Gasteiger partial charge is 0.300 e. The number of carbonyl (C=O) groups excluding carboxylic acids is 1. The van der Waals surface area contributed by atoms with E-state index >= 15 is 0 Å². The quantitative estimate of drug-likeness (QED) is 0.478. The molecule has 0 saturated heterocycles. The standard InChI is InChI=1S/C25H29N3OS/c1-2-3-7-18-10-12-22(13-11-18)24-27-28-25(30-24)26-23(29)21-16-14-20(15-17-21)19-8-5-4-6-9-19/h4-6,8-13,20-21H,2-3,7,14-17H2,1H3,(H,26,28,29). The van der Waals surface area contributed by atoms with Crippen LogP contribution in [0.15, 0.2) is 54.6 Å². The molecule has 0 spiro atoms. The van der Waals surface area contributed by atoms with Crippen LogP contribution in [0.3, 0.4) is 0 Å². The molecule has 30 heavy (non-hydrogen) atoms. The number of aromatic nitrogens is 2. The van der Waals surface area contributed by atoms with E-state index in [9.17, 15) is 4.79 Å². The third-order valence-corrected chi connectivity index (χ3v) is 6.93. The Morgan fingerprint density at radius 2 is 1.73 bits per heavy atom. The third-order valence-electron chi connectivity index (χ3n) is 6.04. The van der Waals surface area contributed by atoms with Crippen molar-refractivity contribution in [2.45, 2.75) is 57.8 Å². The Labute approximate surface area is 182 Å². The second-order valence-corrected chi connectivity index (χ2v) is 9.14. The van der Waals surface area contributed by atoms with Gasteiger partial charge in [-0.1, -0.05) is 79.3 Å². The smallest absolute Gasteiger partial charge is 0.229 e. The fourth-order valence-corrected chi connectivity index (χ4v) is 4.96. The number of unbranched alkanes of at least 4 members (excludes halogenated alkanes) is 1. The van der Waals surface area contributed by atoms with Gasteiger partial charge in [0, 0.05) is 11.5 Å². The monoisotopic (exact) mass is 419 g/mol. The van der Waals surface area contributed by atoms with Gasteiger partial charge < -0.3 is 5.32 Å². The first-order valence-corrected chi connectivity index (χ1v) is 11.8. The van der Waals surface area contributed by atoms with E-state index in [2.05, 4.69) is 77.0 Å². The van der Waals surface area contributed by atoms with Crippen LogP contribution in [0.2, 0.25) is 0 Å². The van der Waals surface area contributed by atoms with Crippen LogP contribution >= 0.6 is 11.3 Å². The van der Waals surface area contributed by atoms with Crippen molar-refractivity contribution in [2.24, 2.45) is 5.92 Å². The van der Waals surface area contributed by atoms with Crippen molar-refractivity contribution in [3.63, 3.8) is 0 Å². The summed E-state index contributed by atoms with van der Waals surface area (Å²) in [7, 11) is 0. The third kappa shape index (κ3) is 5.14. The first kappa shape index (κ1) is 20.7. The summed E-state index contributed by atoms with van der Waals surface area (Å²) >= 11 is 1.45. The summed E-state index contributed by atoms with van der Waals surface area (Å²) in [6.07, 6.45) is 7.51. The second-order valence-electron chi connectivity index (χ2n) is 8.16. The number of aryl methyl sites for hydroxylation is 1. The molecule has 2 aromatic carbocycles. The number of carbonyl (C=O) groups is 1. The zero-order valence-corrected chi connectivity index (χ0v) is 18.3. The molecule has 4 nitrogen and oxygen atoms in total. The Balaban J connectivity index is 1.31. The Hall–Kier alpha value is -2.53. The van der Waals surface area contributed by atoms with Gasteiger partial charge in [0.2, 0.25) is 11.0 Å². The molecule has 0 aliphatic heterocycles. The van der Waals surface area contributed by atoms with Crippen molar-refractivity contribution in [3.8, 4) is 10.6 Å². The highest BCUT2D eigenvalue weighted by molar-refractivity contribution is 7.18. The number of benzene rings is 2. The average Bonchev–Trinajstić information content (AvgIpc) is 3.27. The fraction of sp³-hybridized carbons (Fsp3) is 0.400. The Kier molecular flexibility index (Phi) is 6.90. The molecule has 3 aromatic rings. The predicted molar refractivity (Wildman–Crippen MR) is 124 cm³/mol. The van der Waals surface area contributed by atoms with Crippen LogP contribution in [0.4, 0.5) is 5.13 Å². The Morgan fingerprint density at radius 1 is 1.00 bits per heavy atom. The van der Waals surface area contributed by atoms with Gasteiger partial charge in [-0.15, -0.1) is 10.2 Å². The molecule has 1 N–H and O–H groups in total. The molecule has 1 aliphatic carbocycles. The lowest BCUT2D eigenvalue weighted by Crippen LogP contribution is -2.26. The molecule has 0 unspecified atom stereocenters. The van der Waals surface area contributed by atoms with Crippen molar-refractivity contribution >= 4 is 22.4 Å². The first-order valence-electron chi connectivity index (χ1n) is 11.0. The van der Waals surface area contributed by atoms with Gasteiger partial charge in [-0.2, -0.15) is 0 Å². The lowest BCUT2D eigenvalue weighted by atomic mass is 9.78. The van der Waals surface area contributed by atoms with Crippen molar-refractivity contribution in [3.05, 3.63) is 65.7 Å². The van der Waals surface area contributed by atoms with Crippen LogP contribution < -0.4 is 5.32 Å². The van der Waals surface area contributed by atoms with Crippen LogP contribution in [-0.4, -0.2) is 16.1 Å². The molecule has 1 fully saturated rings. The number of hydrogen-bond donors (Lipinski definition) is 1. The minimum Gasteiger partial charge on any atom is -0.300 e. The maximum atomic E-state index is 12.7. The molecule has 1 aromatic heterocycles. The molecule has 1 amide bonds. The molecule has 0 bridgehead atoms. The SMILES string of the molecule is CCCCc1ccc(-c2nnc(NC(=O)C3CCC(c4ccccc4)CC3)s2)cc1. The summed E-state index contributed by atoms with van der Waals surface area (Å²) in [6.45, 7) is 2.21. The highest BCUT2D eigenvalue weighted by atomic mass is 32.1. The predicted octanol–water partition coefficient (Wildman–Crippen LogP) is 6.46. The lowest BCUT2D eigenvalue weighted by Gasteiger charge is -2.27. The first-order chi connectivity index (χ1) is 14.7. The second kappa shape index (κ2) is 9.98. The highest BCUT2D eigenvalue weighted by Gasteiger charge is 2.27. The summed E-state index contributed by atoms with van der Waals surface area (Å²) < 4.78 is 0. The molecule has 5 heteroatoms. The molecule has 0 radical (unpaired) electrons. The fourth-order valence-electron chi connectivity index (χ4n) is 4.21. The normalized spacial score (nSPS) is 18.8. The summed E-state index contributed by atoms with van der Waals surface area (Å²) in [4.78, 5) is 12.7. The number of rotatable bonds is 7. The van der Waals surface area contributed by atoms with E-state index < -0.39 is 0 Å². The van der Waals surface area contributed by atoms with Crippen molar-refractivity contribution in [1.82, 2.24) is 10.2 Å². The van der Waals surface area contributed by atoms with E-state index in [-0.39, 0.29) is 11.8 Å². The molecule has 0 atom stereocenters. The van der Waals surface area contributed by atoms with Gasteiger partial charge >= 0.3 is 0 Å². The van der Waals surface area contributed by atoms with E-state index in [0.717, 1.165) is 42.7 Å². The summed E-state index contributed by atoms with van der Waals surface area (Å²) in [6, 6.07) is 19.2. The summed E-state index contributed by atoms with van der Waals surface area (Å²) in [5.74, 6) is 0.720. The Bertz CT molecular complexity index is 944. The lowest BCUT2D eigenvalue weighted by molar-refractivity contribution is -0.120. The Morgan fingerprint density at radius 3 is 2.43 bits per heavy atom. The zero-order chi connectivity index (χ0) is 20.8. The number of hydrogen-bond acceptors (Lipinski definition) is 4. The summed E-state index contributed by atoms with van der Waals surface area (Å²) in [5.41, 5.74) is 3.80. The molecule has 4 rings (SSSR count). The highest BCUT2D eigenvalue weighted by Crippen LogP contribution is 2.36. The molecule has 1 heterocycles. The van der Waals surface area contributed by atoms with Gasteiger partial charge in [-0.3, -0.25) is 4.79 Å².